The molecule has 3 N–H and O–H groups in total. The van der Waals surface area contributed by atoms with Crippen LogP contribution in [-0.4, -0.2) is 4.98 Å². The molecule has 0 aliphatic carbocycles. The molecule has 5 heteroatoms. The van der Waals surface area contributed by atoms with E-state index in [-0.39, 0.29) is 5.82 Å². The number of pyridine rings is 1. The van der Waals surface area contributed by atoms with Gasteiger partial charge >= 0.3 is 0 Å². The monoisotopic (exact) mass is 345 g/mol. The molecule has 0 fully saturated rings. The Bertz CT molecular complexity index is 833. The summed E-state index contributed by atoms with van der Waals surface area (Å²) in [6.07, 6.45) is 1.61. The maximum Gasteiger partial charge on any atom is 0.139 e. The molecule has 106 valence electrons. The van der Waals surface area contributed by atoms with Crippen LogP contribution in [0.3, 0.4) is 0 Å². The largest absolute Gasteiger partial charge is 0.396 e. The first kappa shape index (κ1) is 13.8. The molecule has 3 nitrogen and oxygen atoms in total. The van der Waals surface area contributed by atoms with Crippen LogP contribution < -0.4 is 11.1 Å². The molecule has 0 saturated carbocycles. The van der Waals surface area contributed by atoms with Crippen molar-refractivity contribution in [1.82, 2.24) is 4.98 Å². The highest BCUT2D eigenvalue weighted by molar-refractivity contribution is 9.10. The lowest BCUT2D eigenvalue weighted by molar-refractivity contribution is 0.621. The SMILES string of the molecule is Cc1cc(Br)c(F)cc1Nc1c(N)cnc2ccccc12. The standard InChI is InChI=1S/C16H13BrFN3/c1-9-6-11(17)12(18)7-15(9)21-16-10-4-2-3-5-14(10)20-8-13(16)19/h2-8H,19H2,1H3,(H,20,21). The first-order chi connectivity index (χ1) is 10.1. The van der Waals surface area contributed by atoms with Gasteiger partial charge in [0, 0.05) is 11.1 Å². The molecule has 1 aromatic heterocycles. The zero-order chi connectivity index (χ0) is 15.0. The van der Waals surface area contributed by atoms with Gasteiger partial charge in [-0.2, -0.15) is 0 Å². The maximum atomic E-state index is 13.7. The second kappa shape index (κ2) is 5.33. The average molecular weight is 346 g/mol. The number of fused-ring (bicyclic) bond motifs is 1. The highest BCUT2D eigenvalue weighted by Gasteiger charge is 2.10. The molecular formula is C16H13BrFN3. The second-order valence-corrected chi connectivity index (χ2v) is 5.67. The lowest BCUT2D eigenvalue weighted by atomic mass is 10.1. The molecule has 3 rings (SSSR count). The number of halogens is 2. The Morgan fingerprint density at radius 1 is 1.24 bits per heavy atom. The molecular weight excluding hydrogens is 333 g/mol. The van der Waals surface area contributed by atoms with E-state index in [0.717, 1.165) is 22.2 Å². The summed E-state index contributed by atoms with van der Waals surface area (Å²) < 4.78 is 14.2. The van der Waals surface area contributed by atoms with E-state index in [2.05, 4.69) is 26.2 Å². The number of aryl methyl sites for hydroxylation is 1. The molecule has 0 spiro atoms. The van der Waals surface area contributed by atoms with Gasteiger partial charge in [0.1, 0.15) is 5.82 Å². The van der Waals surface area contributed by atoms with E-state index in [1.54, 1.807) is 12.3 Å². The summed E-state index contributed by atoms with van der Waals surface area (Å²) in [6.45, 7) is 1.91. The van der Waals surface area contributed by atoms with E-state index in [1.165, 1.54) is 6.07 Å². The molecule has 0 aliphatic heterocycles. The minimum Gasteiger partial charge on any atom is -0.396 e. The smallest absolute Gasteiger partial charge is 0.139 e. The van der Waals surface area contributed by atoms with Gasteiger partial charge in [0.2, 0.25) is 0 Å². The van der Waals surface area contributed by atoms with Gasteiger partial charge in [0.15, 0.2) is 0 Å². The van der Waals surface area contributed by atoms with Crippen LogP contribution >= 0.6 is 15.9 Å². The number of nitrogens with two attached hydrogens (primary N) is 1. The zero-order valence-electron chi connectivity index (χ0n) is 11.3. The molecule has 0 amide bonds. The van der Waals surface area contributed by atoms with E-state index in [4.69, 9.17) is 5.73 Å². The normalized spacial score (nSPS) is 10.8. The van der Waals surface area contributed by atoms with E-state index >= 15 is 0 Å². The molecule has 0 saturated heterocycles. The molecule has 1 heterocycles. The summed E-state index contributed by atoms with van der Waals surface area (Å²) in [5.74, 6) is -0.319. The predicted octanol–water partition coefficient (Wildman–Crippen LogP) is 4.77. The highest BCUT2D eigenvalue weighted by Crippen LogP contribution is 2.33. The van der Waals surface area contributed by atoms with Crippen molar-refractivity contribution in [1.29, 1.82) is 0 Å². The zero-order valence-corrected chi connectivity index (χ0v) is 12.9. The third-order valence-corrected chi connectivity index (χ3v) is 3.94. The van der Waals surface area contributed by atoms with Crippen LogP contribution in [0.25, 0.3) is 10.9 Å². The van der Waals surface area contributed by atoms with Crippen LogP contribution in [0.1, 0.15) is 5.56 Å². The van der Waals surface area contributed by atoms with Crippen LogP contribution in [0.2, 0.25) is 0 Å². The minimum atomic E-state index is -0.319. The van der Waals surface area contributed by atoms with Gasteiger partial charge in [-0.15, -0.1) is 0 Å². The van der Waals surface area contributed by atoms with Crippen molar-refractivity contribution < 1.29 is 4.39 Å². The van der Waals surface area contributed by atoms with Crippen molar-refractivity contribution in [3.8, 4) is 0 Å². The van der Waals surface area contributed by atoms with E-state index in [0.29, 0.717) is 15.8 Å². The maximum absolute atomic E-state index is 13.7. The third-order valence-electron chi connectivity index (χ3n) is 3.33. The number of benzene rings is 2. The van der Waals surface area contributed by atoms with Gasteiger partial charge in [-0.3, -0.25) is 4.98 Å². The van der Waals surface area contributed by atoms with Gasteiger partial charge in [0.25, 0.3) is 0 Å². The van der Waals surface area contributed by atoms with Crippen LogP contribution in [0, 0.1) is 12.7 Å². The van der Waals surface area contributed by atoms with E-state index in [9.17, 15) is 4.39 Å². The Balaban J connectivity index is 2.14. The molecule has 3 aromatic rings. The fourth-order valence-electron chi connectivity index (χ4n) is 2.21. The number of nitrogens with zero attached hydrogens (tertiary/aromatic N) is 1. The number of nitrogen functional groups attached to an aromatic ring is 1. The second-order valence-electron chi connectivity index (χ2n) is 4.81. The Labute approximate surface area is 130 Å². The fraction of sp³-hybridized carbons (Fsp3) is 0.0625. The molecule has 2 aromatic carbocycles. The van der Waals surface area contributed by atoms with Crippen LogP contribution in [0.4, 0.5) is 21.5 Å². The molecule has 21 heavy (non-hydrogen) atoms. The summed E-state index contributed by atoms with van der Waals surface area (Å²) in [7, 11) is 0. The van der Waals surface area contributed by atoms with Crippen molar-refractivity contribution in [3.63, 3.8) is 0 Å². The summed E-state index contributed by atoms with van der Waals surface area (Å²) in [5.41, 5.74) is 9.73. The first-order valence-electron chi connectivity index (χ1n) is 6.42. The van der Waals surface area contributed by atoms with Crippen molar-refractivity contribution in [3.05, 3.63) is 58.4 Å². The topological polar surface area (TPSA) is 50.9 Å². The Morgan fingerprint density at radius 2 is 2.00 bits per heavy atom. The summed E-state index contributed by atoms with van der Waals surface area (Å²) >= 11 is 3.18. The van der Waals surface area contributed by atoms with Crippen molar-refractivity contribution in [2.45, 2.75) is 6.92 Å². The van der Waals surface area contributed by atoms with Crippen molar-refractivity contribution in [2.24, 2.45) is 0 Å². The number of hydrogen-bond acceptors (Lipinski definition) is 3. The van der Waals surface area contributed by atoms with E-state index < -0.39 is 0 Å². The van der Waals surface area contributed by atoms with Gasteiger partial charge < -0.3 is 11.1 Å². The van der Waals surface area contributed by atoms with Gasteiger partial charge in [0.05, 0.1) is 27.6 Å². The first-order valence-corrected chi connectivity index (χ1v) is 7.21. The number of anilines is 3. The van der Waals surface area contributed by atoms with Crippen LogP contribution in [0.5, 0.6) is 0 Å². The predicted molar refractivity (Wildman–Crippen MR) is 88.3 cm³/mol. The van der Waals surface area contributed by atoms with Crippen molar-refractivity contribution >= 4 is 43.9 Å². The number of aromatic nitrogens is 1. The molecule has 0 radical (unpaired) electrons. The number of hydrogen-bond donors (Lipinski definition) is 2. The summed E-state index contributed by atoms with van der Waals surface area (Å²) in [4.78, 5) is 4.29. The minimum absolute atomic E-state index is 0.319. The van der Waals surface area contributed by atoms with Crippen LogP contribution in [0.15, 0.2) is 47.1 Å². The van der Waals surface area contributed by atoms with Crippen LogP contribution in [-0.2, 0) is 0 Å². The molecule has 0 unspecified atom stereocenters. The Kier molecular flexibility index (Phi) is 3.51. The summed E-state index contributed by atoms with van der Waals surface area (Å²) in [5, 5.41) is 4.13. The van der Waals surface area contributed by atoms with E-state index in [1.807, 2.05) is 31.2 Å². The Hall–Kier alpha value is -2.14. The quantitative estimate of drug-likeness (QED) is 0.703. The average Bonchev–Trinajstić information content (AvgIpc) is 2.47. The van der Waals surface area contributed by atoms with Gasteiger partial charge in [-0.1, -0.05) is 18.2 Å². The molecule has 0 aliphatic rings. The lowest BCUT2D eigenvalue weighted by Crippen LogP contribution is -2.00. The molecule has 0 atom stereocenters. The third kappa shape index (κ3) is 2.56. The lowest BCUT2D eigenvalue weighted by Gasteiger charge is -2.14. The van der Waals surface area contributed by atoms with Gasteiger partial charge in [-0.25, -0.2) is 4.39 Å². The summed E-state index contributed by atoms with van der Waals surface area (Å²) in [6, 6.07) is 10.9. The number of para-hydroxylation sites is 1. The van der Waals surface area contributed by atoms with Crippen molar-refractivity contribution in [2.75, 3.05) is 11.1 Å². The highest BCUT2D eigenvalue weighted by atomic mass is 79.9. The Morgan fingerprint density at radius 3 is 2.81 bits per heavy atom. The molecule has 0 bridgehead atoms. The fourth-order valence-corrected chi connectivity index (χ4v) is 2.67. The number of nitrogens with one attached hydrogen (secondary N) is 1. The number of rotatable bonds is 2. The van der Waals surface area contributed by atoms with Gasteiger partial charge in [-0.05, 0) is 46.6 Å².